The van der Waals surface area contributed by atoms with Gasteiger partial charge in [-0.25, -0.2) is 0 Å². The Hall–Kier alpha value is 0.0969. The molecule has 1 aliphatic rings. The summed E-state index contributed by atoms with van der Waals surface area (Å²) in [6, 6.07) is 1.16. The van der Waals surface area contributed by atoms with Crippen LogP contribution in [0.5, 0.6) is 0 Å². The van der Waals surface area contributed by atoms with Gasteiger partial charge in [0.25, 0.3) is 0 Å². The first-order valence-corrected chi connectivity index (χ1v) is 8.58. The number of hydrogen-bond donors (Lipinski definition) is 0. The normalized spacial score (nSPS) is 18.2. The van der Waals surface area contributed by atoms with Crippen molar-refractivity contribution >= 4 is 9.28 Å². The van der Waals surface area contributed by atoms with Crippen LogP contribution in [-0.4, -0.2) is 47.0 Å². The molecule has 96 valence electrons. The molecular formula is C12H27NO2Si. The van der Waals surface area contributed by atoms with E-state index in [2.05, 4.69) is 18.7 Å². The molecule has 0 aromatic carbocycles. The molecule has 1 aliphatic heterocycles. The number of piperidine rings is 1. The predicted molar refractivity (Wildman–Crippen MR) is 70.1 cm³/mol. The monoisotopic (exact) mass is 245 g/mol. The van der Waals surface area contributed by atoms with Crippen LogP contribution in [0.25, 0.3) is 0 Å². The zero-order valence-corrected chi connectivity index (χ0v) is 12.1. The highest BCUT2D eigenvalue weighted by atomic mass is 28.3. The Morgan fingerprint density at radius 1 is 1.00 bits per heavy atom. The highest BCUT2D eigenvalue weighted by Gasteiger charge is 2.14. The van der Waals surface area contributed by atoms with E-state index in [0.717, 1.165) is 19.3 Å². The fourth-order valence-electron chi connectivity index (χ4n) is 2.25. The molecule has 0 aromatic rings. The summed E-state index contributed by atoms with van der Waals surface area (Å²) >= 11 is 0. The van der Waals surface area contributed by atoms with Gasteiger partial charge >= 0.3 is 9.28 Å². The smallest absolute Gasteiger partial charge is 0.321 e. The largest absolute Gasteiger partial charge is 0.397 e. The SMILES string of the molecule is CCO[SiH](CCCN1CCCCC1)OCC. The molecule has 0 N–H and O–H groups in total. The lowest BCUT2D eigenvalue weighted by atomic mass is 10.1. The Morgan fingerprint density at radius 2 is 1.62 bits per heavy atom. The second-order valence-electron chi connectivity index (χ2n) is 4.38. The third-order valence-electron chi connectivity index (χ3n) is 3.07. The fourth-order valence-corrected chi connectivity index (χ4v) is 3.94. The molecule has 1 heterocycles. The lowest BCUT2D eigenvalue weighted by Crippen LogP contribution is -2.32. The Kier molecular flexibility index (Phi) is 8.11. The summed E-state index contributed by atoms with van der Waals surface area (Å²) in [5.41, 5.74) is 0. The van der Waals surface area contributed by atoms with Crippen molar-refractivity contribution in [3.8, 4) is 0 Å². The number of rotatable bonds is 8. The highest BCUT2D eigenvalue weighted by molar-refractivity contribution is 6.44. The van der Waals surface area contributed by atoms with Crippen molar-refractivity contribution in [1.29, 1.82) is 0 Å². The van der Waals surface area contributed by atoms with Gasteiger partial charge in [-0.1, -0.05) is 6.42 Å². The molecule has 0 aliphatic carbocycles. The molecule has 0 bridgehead atoms. The van der Waals surface area contributed by atoms with Crippen LogP contribution in [0.1, 0.15) is 39.5 Å². The van der Waals surface area contributed by atoms with Crippen LogP contribution in [0.3, 0.4) is 0 Å². The van der Waals surface area contributed by atoms with E-state index in [0.29, 0.717) is 0 Å². The zero-order chi connectivity index (χ0) is 11.6. The number of hydrogen-bond acceptors (Lipinski definition) is 3. The molecule has 0 spiro atoms. The molecule has 0 amide bonds. The van der Waals surface area contributed by atoms with Gasteiger partial charge in [-0.15, -0.1) is 0 Å². The van der Waals surface area contributed by atoms with Crippen molar-refractivity contribution in [1.82, 2.24) is 4.90 Å². The van der Waals surface area contributed by atoms with Gasteiger partial charge in [0, 0.05) is 13.2 Å². The minimum absolute atomic E-state index is 0.806. The average Bonchev–Trinajstić information content (AvgIpc) is 2.31. The third kappa shape index (κ3) is 5.99. The van der Waals surface area contributed by atoms with E-state index in [4.69, 9.17) is 8.85 Å². The second kappa shape index (κ2) is 9.16. The number of nitrogens with zero attached hydrogens (tertiary/aromatic N) is 1. The lowest BCUT2D eigenvalue weighted by molar-refractivity contribution is 0.203. The van der Waals surface area contributed by atoms with E-state index in [9.17, 15) is 0 Å². The van der Waals surface area contributed by atoms with E-state index in [1.807, 2.05) is 0 Å². The topological polar surface area (TPSA) is 21.7 Å². The molecular weight excluding hydrogens is 218 g/mol. The molecule has 0 aromatic heterocycles. The lowest BCUT2D eigenvalue weighted by Gasteiger charge is -2.26. The van der Waals surface area contributed by atoms with Gasteiger partial charge in [0.05, 0.1) is 0 Å². The summed E-state index contributed by atoms with van der Waals surface area (Å²) in [5.74, 6) is 0. The van der Waals surface area contributed by atoms with Crippen LogP contribution in [0, 0.1) is 0 Å². The van der Waals surface area contributed by atoms with E-state index in [1.165, 1.54) is 45.3 Å². The molecule has 1 rings (SSSR count). The van der Waals surface area contributed by atoms with E-state index < -0.39 is 9.28 Å². The Labute approximate surface area is 102 Å². The molecule has 1 saturated heterocycles. The van der Waals surface area contributed by atoms with Crippen molar-refractivity contribution in [3.05, 3.63) is 0 Å². The third-order valence-corrected chi connectivity index (χ3v) is 5.36. The molecule has 0 saturated carbocycles. The van der Waals surface area contributed by atoms with Gasteiger partial charge in [0.2, 0.25) is 0 Å². The van der Waals surface area contributed by atoms with Gasteiger partial charge in [-0.05, 0) is 58.8 Å². The molecule has 3 nitrogen and oxygen atoms in total. The Morgan fingerprint density at radius 3 is 2.19 bits per heavy atom. The van der Waals surface area contributed by atoms with E-state index in [-0.39, 0.29) is 0 Å². The summed E-state index contributed by atoms with van der Waals surface area (Å²) < 4.78 is 11.3. The van der Waals surface area contributed by atoms with Crippen LogP contribution >= 0.6 is 0 Å². The van der Waals surface area contributed by atoms with Gasteiger partial charge in [0.1, 0.15) is 0 Å². The van der Waals surface area contributed by atoms with Gasteiger partial charge in [-0.3, -0.25) is 0 Å². The summed E-state index contributed by atoms with van der Waals surface area (Å²) in [5, 5.41) is 0. The summed E-state index contributed by atoms with van der Waals surface area (Å²) in [6.07, 6.45) is 5.44. The fraction of sp³-hybridized carbons (Fsp3) is 1.00. The summed E-state index contributed by atoms with van der Waals surface area (Å²) in [6.45, 7) is 9.57. The van der Waals surface area contributed by atoms with Crippen LogP contribution in [0.15, 0.2) is 0 Å². The number of likely N-dealkylation sites (tertiary alicyclic amines) is 1. The minimum Gasteiger partial charge on any atom is -0.397 e. The molecule has 16 heavy (non-hydrogen) atoms. The van der Waals surface area contributed by atoms with Crippen molar-refractivity contribution < 1.29 is 8.85 Å². The Balaban J connectivity index is 2.06. The quantitative estimate of drug-likeness (QED) is 0.612. The van der Waals surface area contributed by atoms with Crippen molar-refractivity contribution in [2.75, 3.05) is 32.8 Å². The van der Waals surface area contributed by atoms with E-state index in [1.54, 1.807) is 0 Å². The van der Waals surface area contributed by atoms with E-state index >= 15 is 0 Å². The first-order chi connectivity index (χ1) is 7.86. The first kappa shape index (κ1) is 14.2. The maximum absolute atomic E-state index is 5.67. The van der Waals surface area contributed by atoms with Gasteiger partial charge in [0.15, 0.2) is 0 Å². The van der Waals surface area contributed by atoms with Crippen molar-refractivity contribution in [2.45, 2.75) is 45.6 Å². The molecule has 0 radical (unpaired) electrons. The molecule has 0 atom stereocenters. The van der Waals surface area contributed by atoms with Crippen LogP contribution in [-0.2, 0) is 8.85 Å². The van der Waals surface area contributed by atoms with Gasteiger partial charge in [-0.2, -0.15) is 0 Å². The maximum Gasteiger partial charge on any atom is 0.321 e. The molecule has 0 unspecified atom stereocenters. The highest BCUT2D eigenvalue weighted by Crippen LogP contribution is 2.10. The second-order valence-corrected chi connectivity index (χ2v) is 6.49. The Bertz CT molecular complexity index is 157. The zero-order valence-electron chi connectivity index (χ0n) is 10.9. The van der Waals surface area contributed by atoms with Crippen molar-refractivity contribution in [3.63, 3.8) is 0 Å². The minimum atomic E-state index is -1.33. The molecule has 4 heteroatoms. The van der Waals surface area contributed by atoms with Crippen molar-refractivity contribution in [2.24, 2.45) is 0 Å². The van der Waals surface area contributed by atoms with Crippen LogP contribution in [0.2, 0.25) is 6.04 Å². The van der Waals surface area contributed by atoms with Gasteiger partial charge < -0.3 is 13.8 Å². The predicted octanol–water partition coefficient (Wildman–Crippen LogP) is 2.16. The average molecular weight is 245 g/mol. The summed E-state index contributed by atoms with van der Waals surface area (Å²) in [4.78, 5) is 2.59. The first-order valence-electron chi connectivity index (χ1n) is 6.82. The standard InChI is InChI=1S/C12H27NO2Si/c1-3-14-16(15-4-2)12-8-11-13-9-6-5-7-10-13/h16H,3-12H2,1-2H3. The van der Waals surface area contributed by atoms with Crippen LogP contribution in [0.4, 0.5) is 0 Å². The summed E-state index contributed by atoms with van der Waals surface area (Å²) in [7, 11) is -1.33. The molecule has 1 fully saturated rings. The maximum atomic E-state index is 5.67. The van der Waals surface area contributed by atoms with Crippen LogP contribution < -0.4 is 0 Å².